The topological polar surface area (TPSA) is 88.3 Å². The van der Waals surface area contributed by atoms with E-state index in [0.29, 0.717) is 36.1 Å². The zero-order valence-corrected chi connectivity index (χ0v) is 16.5. The Balaban J connectivity index is 1.33. The Hall–Kier alpha value is -3.07. The summed E-state index contributed by atoms with van der Waals surface area (Å²) in [4.78, 5) is 32.2. The van der Waals surface area contributed by atoms with Gasteiger partial charge in [-0.25, -0.2) is 4.39 Å². The van der Waals surface area contributed by atoms with Crippen LogP contribution in [0.2, 0.25) is 0 Å². The number of hydrogen-bond acceptors (Lipinski definition) is 6. The number of amides is 2. The molecule has 2 aromatic heterocycles. The highest BCUT2D eigenvalue weighted by Crippen LogP contribution is 2.27. The minimum absolute atomic E-state index is 0.00737. The lowest BCUT2D eigenvalue weighted by molar-refractivity contribution is -0.128. The number of nitrogens with zero attached hydrogens (tertiary/aromatic N) is 3. The Morgan fingerprint density at radius 1 is 1.31 bits per heavy atom. The quantitative estimate of drug-likeness (QED) is 0.670. The number of thiophene rings is 1. The maximum absolute atomic E-state index is 13.0. The molecule has 2 amide bonds. The second-order valence-electron chi connectivity index (χ2n) is 6.94. The lowest BCUT2D eigenvalue weighted by Crippen LogP contribution is -2.24. The fourth-order valence-electron chi connectivity index (χ4n) is 3.21. The van der Waals surface area contributed by atoms with Crippen LogP contribution in [-0.2, 0) is 17.9 Å². The average molecular weight is 414 g/mol. The molecule has 0 aliphatic carbocycles. The zero-order valence-electron chi connectivity index (χ0n) is 15.7. The Morgan fingerprint density at radius 3 is 2.83 bits per heavy atom. The van der Waals surface area contributed by atoms with Gasteiger partial charge in [-0.05, 0) is 36.8 Å². The van der Waals surface area contributed by atoms with Gasteiger partial charge in [-0.1, -0.05) is 17.3 Å². The van der Waals surface area contributed by atoms with E-state index in [2.05, 4.69) is 15.5 Å². The molecule has 1 N–H and O–H groups in total. The number of carbonyl (C=O) groups is 2. The minimum atomic E-state index is -0.306. The van der Waals surface area contributed by atoms with E-state index in [9.17, 15) is 14.0 Å². The van der Waals surface area contributed by atoms with Gasteiger partial charge < -0.3 is 14.7 Å². The average Bonchev–Trinajstić information content (AvgIpc) is 3.42. The first-order chi connectivity index (χ1) is 14.0. The predicted molar refractivity (Wildman–Crippen MR) is 104 cm³/mol. The van der Waals surface area contributed by atoms with Gasteiger partial charge in [-0.3, -0.25) is 9.59 Å². The summed E-state index contributed by atoms with van der Waals surface area (Å²) in [5, 5.41) is 6.73. The van der Waals surface area contributed by atoms with E-state index in [0.717, 1.165) is 10.4 Å². The molecule has 3 heterocycles. The van der Waals surface area contributed by atoms with Gasteiger partial charge in [0, 0.05) is 30.3 Å². The van der Waals surface area contributed by atoms with E-state index in [1.165, 1.54) is 23.5 Å². The third-order valence-corrected chi connectivity index (χ3v) is 5.71. The second kappa shape index (κ2) is 8.12. The van der Waals surface area contributed by atoms with E-state index in [1.807, 2.05) is 13.0 Å². The highest BCUT2D eigenvalue weighted by atomic mass is 32.1. The molecule has 1 unspecified atom stereocenters. The van der Waals surface area contributed by atoms with Crippen molar-refractivity contribution >= 4 is 23.2 Å². The summed E-state index contributed by atoms with van der Waals surface area (Å²) in [6.45, 7) is 2.95. The van der Waals surface area contributed by atoms with Gasteiger partial charge in [0.1, 0.15) is 5.82 Å². The molecule has 0 saturated carbocycles. The Kier molecular flexibility index (Phi) is 5.39. The molecule has 7 nitrogen and oxygen atoms in total. The number of likely N-dealkylation sites (tertiary alicyclic amines) is 1. The Bertz CT molecular complexity index is 1030. The smallest absolute Gasteiger partial charge is 0.261 e. The molecule has 1 aliphatic heterocycles. The van der Waals surface area contributed by atoms with Crippen LogP contribution in [0.15, 0.2) is 40.9 Å². The summed E-state index contributed by atoms with van der Waals surface area (Å²) < 4.78 is 18.3. The van der Waals surface area contributed by atoms with Gasteiger partial charge in [0.25, 0.3) is 5.91 Å². The summed E-state index contributed by atoms with van der Waals surface area (Å²) in [5.41, 5.74) is 0.862. The summed E-state index contributed by atoms with van der Waals surface area (Å²) in [6.07, 6.45) is 0.293. The van der Waals surface area contributed by atoms with Gasteiger partial charge in [-0.15, -0.1) is 11.3 Å². The van der Waals surface area contributed by atoms with Crippen LogP contribution in [0.25, 0.3) is 0 Å². The first-order valence-corrected chi connectivity index (χ1v) is 9.99. The van der Waals surface area contributed by atoms with Crippen molar-refractivity contribution in [2.45, 2.75) is 32.4 Å². The highest BCUT2D eigenvalue weighted by molar-refractivity contribution is 7.13. The molecular weight excluding hydrogens is 395 g/mol. The number of halogens is 1. The number of aromatic nitrogens is 2. The Labute approximate surface area is 170 Å². The van der Waals surface area contributed by atoms with E-state index in [1.54, 1.807) is 23.1 Å². The van der Waals surface area contributed by atoms with Crippen LogP contribution in [0.1, 0.15) is 44.2 Å². The zero-order chi connectivity index (χ0) is 20.4. The van der Waals surface area contributed by atoms with E-state index in [4.69, 9.17) is 4.52 Å². The third kappa shape index (κ3) is 4.51. The summed E-state index contributed by atoms with van der Waals surface area (Å²) >= 11 is 1.42. The molecule has 9 heteroatoms. The lowest BCUT2D eigenvalue weighted by atomic mass is 10.1. The number of carbonyl (C=O) groups excluding carboxylic acids is 2. The maximum Gasteiger partial charge on any atom is 0.261 e. The van der Waals surface area contributed by atoms with Gasteiger partial charge in [0.2, 0.25) is 11.8 Å². The third-order valence-electron chi connectivity index (χ3n) is 4.71. The SMILES string of the molecule is Cc1ccc(C(=O)NCc2nc(C3CC(=O)N(Cc4ccc(F)cc4)C3)no2)s1. The van der Waals surface area contributed by atoms with Gasteiger partial charge >= 0.3 is 0 Å². The number of rotatable bonds is 6. The van der Waals surface area contributed by atoms with Crippen molar-refractivity contribution in [2.24, 2.45) is 0 Å². The largest absolute Gasteiger partial charge is 0.342 e. The molecule has 1 atom stereocenters. The molecule has 150 valence electrons. The van der Waals surface area contributed by atoms with Crippen LogP contribution in [0.5, 0.6) is 0 Å². The van der Waals surface area contributed by atoms with Crippen LogP contribution in [-0.4, -0.2) is 33.4 Å². The van der Waals surface area contributed by atoms with Crippen molar-refractivity contribution in [1.29, 1.82) is 0 Å². The number of hydrogen-bond donors (Lipinski definition) is 1. The van der Waals surface area contributed by atoms with Crippen molar-refractivity contribution in [3.8, 4) is 0 Å². The summed E-state index contributed by atoms with van der Waals surface area (Å²) in [7, 11) is 0. The molecule has 4 rings (SSSR count). The fraction of sp³-hybridized carbons (Fsp3) is 0.300. The molecule has 1 saturated heterocycles. The van der Waals surface area contributed by atoms with E-state index < -0.39 is 0 Å². The molecule has 1 aliphatic rings. The van der Waals surface area contributed by atoms with Gasteiger partial charge in [-0.2, -0.15) is 4.98 Å². The lowest BCUT2D eigenvalue weighted by Gasteiger charge is -2.16. The predicted octanol–water partition coefficient (Wildman–Crippen LogP) is 3.02. The van der Waals surface area contributed by atoms with Crippen LogP contribution in [0, 0.1) is 12.7 Å². The number of nitrogens with one attached hydrogen (secondary N) is 1. The number of aryl methyl sites for hydroxylation is 1. The molecular formula is C20H19FN4O3S. The van der Waals surface area contributed by atoms with E-state index in [-0.39, 0.29) is 30.1 Å². The first-order valence-electron chi connectivity index (χ1n) is 9.17. The Morgan fingerprint density at radius 2 is 2.10 bits per heavy atom. The van der Waals surface area contributed by atoms with Crippen LogP contribution >= 0.6 is 11.3 Å². The first kappa shape index (κ1) is 19.3. The fourth-order valence-corrected chi connectivity index (χ4v) is 4.00. The molecule has 0 bridgehead atoms. The number of benzene rings is 1. The van der Waals surface area contributed by atoms with E-state index >= 15 is 0 Å². The van der Waals surface area contributed by atoms with Crippen molar-refractivity contribution in [3.63, 3.8) is 0 Å². The molecule has 0 spiro atoms. The molecule has 0 radical (unpaired) electrons. The molecule has 3 aromatic rings. The van der Waals surface area contributed by atoms with Crippen molar-refractivity contribution in [3.05, 3.63) is 69.2 Å². The van der Waals surface area contributed by atoms with Crippen LogP contribution < -0.4 is 5.32 Å². The van der Waals surface area contributed by atoms with Gasteiger partial charge in [0.05, 0.1) is 11.4 Å². The van der Waals surface area contributed by atoms with Gasteiger partial charge in [0.15, 0.2) is 5.82 Å². The standard InChI is InChI=1S/C20H19FN4O3S/c1-12-2-7-16(29-12)20(27)22-9-17-23-19(24-28-17)14-8-18(26)25(11-14)10-13-3-5-15(21)6-4-13/h2-7,14H,8-11H2,1H3,(H,22,27). The van der Waals surface area contributed by atoms with Crippen LogP contribution in [0.3, 0.4) is 0 Å². The molecule has 1 fully saturated rings. The monoisotopic (exact) mass is 414 g/mol. The normalized spacial score (nSPS) is 16.4. The van der Waals surface area contributed by atoms with Crippen molar-refractivity contribution < 1.29 is 18.5 Å². The summed E-state index contributed by atoms with van der Waals surface area (Å²) in [5.74, 6) is 0.0785. The summed E-state index contributed by atoms with van der Waals surface area (Å²) in [6, 6.07) is 9.75. The second-order valence-corrected chi connectivity index (χ2v) is 8.23. The highest BCUT2D eigenvalue weighted by Gasteiger charge is 2.33. The molecule has 29 heavy (non-hydrogen) atoms. The van der Waals surface area contributed by atoms with Crippen LogP contribution in [0.4, 0.5) is 4.39 Å². The van der Waals surface area contributed by atoms with Crippen molar-refractivity contribution in [1.82, 2.24) is 20.4 Å². The maximum atomic E-state index is 13.0. The minimum Gasteiger partial charge on any atom is -0.342 e. The molecule has 1 aromatic carbocycles. The van der Waals surface area contributed by atoms with Crippen molar-refractivity contribution in [2.75, 3.05) is 6.54 Å².